The van der Waals surface area contributed by atoms with Crippen molar-refractivity contribution in [1.29, 1.82) is 0 Å². The monoisotopic (exact) mass is 380 g/mol. The quantitative estimate of drug-likeness (QED) is 0.723. The van der Waals surface area contributed by atoms with Crippen LogP contribution in [-0.2, 0) is 0 Å². The van der Waals surface area contributed by atoms with Gasteiger partial charge in [0.15, 0.2) is 0 Å². The Balaban J connectivity index is 1.47. The zero-order valence-corrected chi connectivity index (χ0v) is 15.3. The SMILES string of the molecule is O=C(O)N[C@@H]1CCN(c2ccc3c(cnn3-c3ccc(F)cc3)c2)[C@H]1C1CC1. The number of anilines is 1. The van der Waals surface area contributed by atoms with Crippen molar-refractivity contribution in [3.05, 3.63) is 54.5 Å². The van der Waals surface area contributed by atoms with Crippen LogP contribution in [0.1, 0.15) is 19.3 Å². The minimum absolute atomic E-state index is 0.0253. The Labute approximate surface area is 161 Å². The smallest absolute Gasteiger partial charge is 0.404 e. The number of hydrogen-bond acceptors (Lipinski definition) is 3. The third-order valence-corrected chi connectivity index (χ3v) is 5.82. The first-order valence-electron chi connectivity index (χ1n) is 9.60. The molecule has 2 N–H and O–H groups in total. The molecule has 1 saturated heterocycles. The lowest BCUT2D eigenvalue weighted by Gasteiger charge is -2.30. The highest BCUT2D eigenvalue weighted by molar-refractivity contribution is 5.84. The molecule has 144 valence electrons. The molecule has 1 amide bonds. The van der Waals surface area contributed by atoms with E-state index in [1.807, 2.05) is 12.3 Å². The highest BCUT2D eigenvalue weighted by atomic mass is 19.1. The molecule has 2 heterocycles. The molecule has 1 aliphatic heterocycles. The van der Waals surface area contributed by atoms with Crippen LogP contribution in [0.2, 0.25) is 0 Å². The zero-order valence-electron chi connectivity index (χ0n) is 15.3. The maximum atomic E-state index is 13.2. The summed E-state index contributed by atoms with van der Waals surface area (Å²) in [6.45, 7) is 0.837. The van der Waals surface area contributed by atoms with E-state index in [0.29, 0.717) is 5.92 Å². The van der Waals surface area contributed by atoms with Crippen molar-refractivity contribution < 1.29 is 14.3 Å². The van der Waals surface area contributed by atoms with Crippen LogP contribution in [0.5, 0.6) is 0 Å². The zero-order chi connectivity index (χ0) is 19.3. The molecule has 0 spiro atoms. The van der Waals surface area contributed by atoms with E-state index in [1.54, 1.807) is 16.8 Å². The van der Waals surface area contributed by atoms with Crippen molar-refractivity contribution in [3.63, 3.8) is 0 Å². The van der Waals surface area contributed by atoms with Crippen LogP contribution < -0.4 is 10.2 Å². The average Bonchev–Trinajstić information content (AvgIpc) is 3.30. The number of hydrogen-bond donors (Lipinski definition) is 2. The summed E-state index contributed by atoms with van der Waals surface area (Å²) in [7, 11) is 0. The molecule has 1 saturated carbocycles. The topological polar surface area (TPSA) is 70.4 Å². The third kappa shape index (κ3) is 2.96. The lowest BCUT2D eigenvalue weighted by Crippen LogP contribution is -2.46. The van der Waals surface area contributed by atoms with Gasteiger partial charge >= 0.3 is 6.09 Å². The second kappa shape index (κ2) is 6.51. The van der Waals surface area contributed by atoms with Crippen LogP contribution in [0.25, 0.3) is 16.6 Å². The molecule has 1 aromatic heterocycles. The van der Waals surface area contributed by atoms with E-state index < -0.39 is 6.09 Å². The van der Waals surface area contributed by atoms with Crippen molar-refractivity contribution in [3.8, 4) is 5.69 Å². The number of fused-ring (bicyclic) bond motifs is 1. The Morgan fingerprint density at radius 1 is 1.11 bits per heavy atom. The summed E-state index contributed by atoms with van der Waals surface area (Å²) in [5, 5.41) is 17.3. The molecule has 5 rings (SSSR count). The summed E-state index contributed by atoms with van der Waals surface area (Å²) in [4.78, 5) is 13.5. The van der Waals surface area contributed by atoms with Crippen LogP contribution in [0, 0.1) is 11.7 Å². The number of rotatable bonds is 4. The van der Waals surface area contributed by atoms with Crippen molar-refractivity contribution in [2.75, 3.05) is 11.4 Å². The summed E-state index contributed by atoms with van der Waals surface area (Å²) in [5.74, 6) is 0.282. The first kappa shape index (κ1) is 17.0. The predicted molar refractivity (Wildman–Crippen MR) is 104 cm³/mol. The fourth-order valence-corrected chi connectivity index (χ4v) is 4.44. The van der Waals surface area contributed by atoms with E-state index >= 15 is 0 Å². The summed E-state index contributed by atoms with van der Waals surface area (Å²) < 4.78 is 15.0. The number of aromatic nitrogens is 2. The molecule has 7 heteroatoms. The summed E-state index contributed by atoms with van der Waals surface area (Å²) in [5.41, 5.74) is 2.86. The van der Waals surface area contributed by atoms with Gasteiger partial charge in [-0.2, -0.15) is 5.10 Å². The fourth-order valence-electron chi connectivity index (χ4n) is 4.44. The Bertz CT molecular complexity index is 1030. The molecule has 1 aliphatic carbocycles. The first-order valence-corrected chi connectivity index (χ1v) is 9.60. The predicted octanol–water partition coefficient (Wildman–Crippen LogP) is 3.79. The van der Waals surface area contributed by atoms with Gasteiger partial charge in [-0.25, -0.2) is 13.9 Å². The molecule has 6 nitrogen and oxygen atoms in total. The Morgan fingerprint density at radius 2 is 1.86 bits per heavy atom. The van der Waals surface area contributed by atoms with Gasteiger partial charge in [-0.05, 0) is 67.6 Å². The normalized spacial score (nSPS) is 22.0. The van der Waals surface area contributed by atoms with Gasteiger partial charge < -0.3 is 15.3 Å². The molecule has 2 aromatic carbocycles. The number of benzene rings is 2. The van der Waals surface area contributed by atoms with E-state index in [-0.39, 0.29) is 17.9 Å². The number of halogens is 1. The molecule has 0 unspecified atom stereocenters. The van der Waals surface area contributed by atoms with Gasteiger partial charge in [-0.3, -0.25) is 0 Å². The highest BCUT2D eigenvalue weighted by Crippen LogP contribution is 2.42. The second-order valence-corrected chi connectivity index (χ2v) is 7.64. The van der Waals surface area contributed by atoms with Gasteiger partial charge in [-0.1, -0.05) is 0 Å². The van der Waals surface area contributed by atoms with Gasteiger partial charge in [0.1, 0.15) is 5.82 Å². The molecule has 0 bridgehead atoms. The Hall–Kier alpha value is -3.09. The largest absolute Gasteiger partial charge is 0.465 e. The molecule has 2 atom stereocenters. The van der Waals surface area contributed by atoms with Crippen molar-refractivity contribution in [2.45, 2.75) is 31.3 Å². The molecule has 0 radical (unpaired) electrons. The van der Waals surface area contributed by atoms with Gasteiger partial charge in [0.25, 0.3) is 0 Å². The van der Waals surface area contributed by atoms with Gasteiger partial charge in [0.2, 0.25) is 0 Å². The molecule has 2 aliphatic rings. The Kier molecular flexibility index (Phi) is 3.96. The van der Waals surface area contributed by atoms with E-state index in [4.69, 9.17) is 5.11 Å². The molecule has 28 heavy (non-hydrogen) atoms. The Morgan fingerprint density at radius 3 is 2.57 bits per heavy atom. The van der Waals surface area contributed by atoms with Crippen molar-refractivity contribution in [1.82, 2.24) is 15.1 Å². The van der Waals surface area contributed by atoms with Crippen LogP contribution >= 0.6 is 0 Å². The van der Waals surface area contributed by atoms with Crippen LogP contribution in [-0.4, -0.2) is 39.6 Å². The van der Waals surface area contributed by atoms with Crippen molar-refractivity contribution in [2.24, 2.45) is 5.92 Å². The fraction of sp³-hybridized carbons (Fsp3) is 0.333. The van der Waals surface area contributed by atoms with Crippen molar-refractivity contribution >= 4 is 22.7 Å². The maximum absolute atomic E-state index is 13.2. The van der Waals surface area contributed by atoms with Crippen LogP contribution in [0.15, 0.2) is 48.7 Å². The highest BCUT2D eigenvalue weighted by Gasteiger charge is 2.44. The minimum Gasteiger partial charge on any atom is -0.465 e. The average molecular weight is 380 g/mol. The number of nitrogens with one attached hydrogen (secondary N) is 1. The molecular formula is C21H21FN4O2. The van der Waals surface area contributed by atoms with Gasteiger partial charge in [0.05, 0.1) is 29.5 Å². The number of carbonyl (C=O) groups is 1. The number of nitrogens with zero attached hydrogens (tertiary/aromatic N) is 3. The van der Waals surface area contributed by atoms with E-state index in [2.05, 4.69) is 27.4 Å². The summed E-state index contributed by atoms with van der Waals surface area (Å²) in [6, 6.07) is 12.7. The van der Waals surface area contributed by atoms with E-state index in [9.17, 15) is 9.18 Å². The summed E-state index contributed by atoms with van der Waals surface area (Å²) in [6.07, 6.45) is 4.00. The van der Waals surface area contributed by atoms with E-state index in [1.165, 1.54) is 12.1 Å². The lowest BCUT2D eigenvalue weighted by molar-refractivity contribution is 0.188. The first-order chi connectivity index (χ1) is 13.6. The van der Waals surface area contributed by atoms with Gasteiger partial charge in [-0.15, -0.1) is 0 Å². The van der Waals surface area contributed by atoms with Gasteiger partial charge in [0, 0.05) is 17.6 Å². The standard InChI is InChI=1S/C21H21FN4O2/c22-15-3-5-16(6-4-15)26-19-8-7-17(11-14(19)12-23-26)25-10-9-18(24-21(27)28)20(25)13-1-2-13/h3-8,11-13,18,20,24H,1-2,9-10H2,(H,27,28)/t18-,20+/m1/s1. The molecular weight excluding hydrogens is 359 g/mol. The van der Waals surface area contributed by atoms with Crippen LogP contribution in [0.3, 0.4) is 0 Å². The second-order valence-electron chi connectivity index (χ2n) is 7.64. The molecule has 3 aromatic rings. The van der Waals surface area contributed by atoms with E-state index in [0.717, 1.165) is 48.1 Å². The summed E-state index contributed by atoms with van der Waals surface area (Å²) >= 11 is 0. The molecule has 2 fully saturated rings. The number of carboxylic acid groups (broad SMARTS) is 1. The van der Waals surface area contributed by atoms with Crippen LogP contribution in [0.4, 0.5) is 14.9 Å². The minimum atomic E-state index is -0.950. The third-order valence-electron chi connectivity index (χ3n) is 5.82. The lowest BCUT2D eigenvalue weighted by atomic mass is 10.0. The number of amides is 1. The maximum Gasteiger partial charge on any atom is 0.404 e.